The fraction of sp³-hybridized carbons (Fsp3) is 0.231. The minimum absolute atomic E-state index is 0.00475. The summed E-state index contributed by atoms with van der Waals surface area (Å²) in [5.74, 6) is -0.316. The predicted octanol–water partition coefficient (Wildman–Crippen LogP) is 7.22. The second-order valence-corrected chi connectivity index (χ2v) is 8.44. The van der Waals surface area contributed by atoms with Crippen LogP contribution >= 0.6 is 11.6 Å². The van der Waals surface area contributed by atoms with Crippen LogP contribution in [0.1, 0.15) is 25.0 Å². The zero-order valence-electron chi connectivity index (χ0n) is 18.9. The Morgan fingerprint density at radius 1 is 1.03 bits per heavy atom. The molecule has 0 bridgehead atoms. The van der Waals surface area contributed by atoms with Gasteiger partial charge in [0, 0.05) is 5.92 Å². The van der Waals surface area contributed by atoms with Gasteiger partial charge in [0.1, 0.15) is 24.2 Å². The van der Waals surface area contributed by atoms with Crippen LogP contribution in [0.25, 0.3) is 0 Å². The molecule has 0 aromatic heterocycles. The molecular formula is C26H22ClF3N2O3. The van der Waals surface area contributed by atoms with Crippen LogP contribution in [0.3, 0.4) is 0 Å². The maximum Gasteiger partial charge on any atom is 0.416 e. The first-order chi connectivity index (χ1) is 16.5. The summed E-state index contributed by atoms with van der Waals surface area (Å²) in [7, 11) is 0. The van der Waals surface area contributed by atoms with Gasteiger partial charge in [-0.05, 0) is 48.0 Å². The molecule has 3 rings (SSSR count). The van der Waals surface area contributed by atoms with E-state index in [1.807, 2.05) is 24.3 Å². The topological polar surface area (TPSA) is 71.4 Å². The third-order valence-corrected chi connectivity index (χ3v) is 5.55. The van der Waals surface area contributed by atoms with Crippen LogP contribution in [0.15, 0.2) is 72.8 Å². The summed E-state index contributed by atoms with van der Waals surface area (Å²) >= 11 is 6.03. The van der Waals surface area contributed by atoms with Crippen LogP contribution < -0.4 is 10.1 Å². The molecule has 0 aliphatic carbocycles. The first-order valence-electron chi connectivity index (χ1n) is 10.6. The molecule has 5 nitrogen and oxygen atoms in total. The van der Waals surface area contributed by atoms with Crippen LogP contribution in [-0.4, -0.2) is 11.5 Å². The molecule has 1 unspecified atom stereocenters. The van der Waals surface area contributed by atoms with Crippen LogP contribution in [0.4, 0.5) is 18.9 Å². The van der Waals surface area contributed by atoms with Gasteiger partial charge in [0.2, 0.25) is 5.54 Å². The van der Waals surface area contributed by atoms with E-state index in [0.29, 0.717) is 17.1 Å². The van der Waals surface area contributed by atoms with Crippen LogP contribution in [-0.2, 0) is 22.3 Å². The SMILES string of the molecule is CC(C)C(C#N)(Nc1ccc(C(F)(F)F)cc1Cl)C(=O)OCc1cccc(Oc2ccccc2)c1. The number of para-hydroxylation sites is 1. The van der Waals surface area contributed by atoms with Gasteiger partial charge < -0.3 is 14.8 Å². The Labute approximate surface area is 206 Å². The Bertz CT molecular complexity index is 1230. The van der Waals surface area contributed by atoms with Crippen molar-refractivity contribution in [2.24, 2.45) is 5.92 Å². The standard InChI is InChI=1S/C26H22ClF3N2O3/c1-17(2)25(16-31,32-23-12-11-19(14-22(23)27)26(28,29)30)24(33)34-15-18-7-6-10-21(13-18)35-20-8-4-3-5-9-20/h3-14,17,32H,15H2,1-2H3. The van der Waals surface area contributed by atoms with Gasteiger partial charge in [-0.25, -0.2) is 4.79 Å². The number of nitrogens with one attached hydrogen (secondary N) is 1. The summed E-state index contributed by atoms with van der Waals surface area (Å²) < 4.78 is 50.1. The largest absolute Gasteiger partial charge is 0.458 e. The fourth-order valence-electron chi connectivity index (χ4n) is 3.23. The van der Waals surface area contributed by atoms with Crippen molar-refractivity contribution in [3.63, 3.8) is 0 Å². The number of benzene rings is 3. The van der Waals surface area contributed by atoms with Gasteiger partial charge in [0.25, 0.3) is 0 Å². The Balaban J connectivity index is 1.76. The number of rotatable bonds is 8. The van der Waals surface area contributed by atoms with Crippen molar-refractivity contribution >= 4 is 23.3 Å². The molecule has 0 fully saturated rings. The number of anilines is 1. The van der Waals surface area contributed by atoms with E-state index < -0.39 is 29.2 Å². The van der Waals surface area contributed by atoms with Crippen molar-refractivity contribution in [2.45, 2.75) is 32.2 Å². The lowest BCUT2D eigenvalue weighted by Crippen LogP contribution is -2.50. The summed E-state index contributed by atoms with van der Waals surface area (Å²) in [6.07, 6.45) is -4.58. The molecule has 182 valence electrons. The first-order valence-corrected chi connectivity index (χ1v) is 11.0. The van der Waals surface area contributed by atoms with Gasteiger partial charge in [0.05, 0.1) is 16.3 Å². The molecule has 1 atom stereocenters. The highest BCUT2D eigenvalue weighted by atomic mass is 35.5. The Morgan fingerprint density at radius 2 is 1.71 bits per heavy atom. The number of nitrogens with zero attached hydrogens (tertiary/aromatic N) is 1. The number of alkyl halides is 3. The quantitative estimate of drug-likeness (QED) is 0.329. The predicted molar refractivity (Wildman–Crippen MR) is 126 cm³/mol. The van der Waals surface area contributed by atoms with E-state index in [2.05, 4.69) is 5.32 Å². The second-order valence-electron chi connectivity index (χ2n) is 8.03. The Hall–Kier alpha value is -3.70. The summed E-state index contributed by atoms with van der Waals surface area (Å²) in [5.41, 5.74) is -2.21. The van der Waals surface area contributed by atoms with E-state index in [9.17, 15) is 23.2 Å². The van der Waals surface area contributed by atoms with Crippen molar-refractivity contribution in [3.8, 4) is 17.6 Å². The average Bonchev–Trinajstić information content (AvgIpc) is 2.82. The molecule has 35 heavy (non-hydrogen) atoms. The van der Waals surface area contributed by atoms with Crippen LogP contribution in [0, 0.1) is 17.2 Å². The number of nitriles is 1. The van der Waals surface area contributed by atoms with E-state index >= 15 is 0 Å². The molecule has 0 aliphatic heterocycles. The van der Waals surface area contributed by atoms with Gasteiger partial charge in [-0.2, -0.15) is 18.4 Å². The third-order valence-electron chi connectivity index (χ3n) is 5.24. The van der Waals surface area contributed by atoms with E-state index in [1.54, 1.807) is 50.2 Å². The van der Waals surface area contributed by atoms with Gasteiger partial charge in [-0.3, -0.25) is 0 Å². The minimum Gasteiger partial charge on any atom is -0.458 e. The minimum atomic E-state index is -4.58. The van der Waals surface area contributed by atoms with Gasteiger partial charge in [0.15, 0.2) is 0 Å². The molecule has 0 radical (unpaired) electrons. The molecule has 0 spiro atoms. The van der Waals surface area contributed by atoms with Gasteiger partial charge >= 0.3 is 12.1 Å². The number of ether oxygens (including phenoxy) is 2. The van der Waals surface area contributed by atoms with Crippen LogP contribution in [0.5, 0.6) is 11.5 Å². The molecule has 0 amide bonds. The Kier molecular flexibility index (Phi) is 7.92. The van der Waals surface area contributed by atoms with Crippen molar-refractivity contribution in [3.05, 3.63) is 88.9 Å². The van der Waals surface area contributed by atoms with Crippen LogP contribution in [0.2, 0.25) is 5.02 Å². The van der Waals surface area contributed by atoms with Crippen molar-refractivity contribution in [1.29, 1.82) is 5.26 Å². The summed E-state index contributed by atoms with van der Waals surface area (Å²) in [6.45, 7) is 3.08. The van der Waals surface area contributed by atoms with Crippen molar-refractivity contribution in [2.75, 3.05) is 5.32 Å². The molecule has 3 aromatic rings. The number of carbonyl (C=O) groups excluding carboxylic acids is 1. The van der Waals surface area contributed by atoms with E-state index in [1.165, 1.54) is 0 Å². The fourth-order valence-corrected chi connectivity index (χ4v) is 3.45. The lowest BCUT2D eigenvalue weighted by Gasteiger charge is -2.31. The molecule has 3 aromatic carbocycles. The Morgan fingerprint density at radius 3 is 2.31 bits per heavy atom. The number of halogens is 4. The monoisotopic (exact) mass is 502 g/mol. The van der Waals surface area contributed by atoms with E-state index in [4.69, 9.17) is 21.1 Å². The number of carbonyl (C=O) groups is 1. The zero-order valence-corrected chi connectivity index (χ0v) is 19.7. The highest BCUT2D eigenvalue weighted by Crippen LogP contribution is 2.36. The number of hydrogen-bond acceptors (Lipinski definition) is 5. The highest BCUT2D eigenvalue weighted by Gasteiger charge is 2.44. The molecule has 0 saturated heterocycles. The smallest absolute Gasteiger partial charge is 0.416 e. The lowest BCUT2D eigenvalue weighted by atomic mass is 9.87. The maximum absolute atomic E-state index is 13.1. The number of hydrogen-bond donors (Lipinski definition) is 1. The van der Waals surface area contributed by atoms with Gasteiger partial charge in [-0.1, -0.05) is 55.8 Å². The third kappa shape index (κ3) is 6.25. The molecule has 0 aliphatic rings. The second kappa shape index (κ2) is 10.7. The number of esters is 1. The zero-order chi connectivity index (χ0) is 25.6. The average molecular weight is 503 g/mol. The molecular weight excluding hydrogens is 481 g/mol. The highest BCUT2D eigenvalue weighted by molar-refractivity contribution is 6.33. The summed E-state index contributed by atoms with van der Waals surface area (Å²) in [6, 6.07) is 20.6. The molecule has 0 saturated carbocycles. The lowest BCUT2D eigenvalue weighted by molar-refractivity contribution is -0.149. The van der Waals surface area contributed by atoms with E-state index in [0.717, 1.165) is 18.2 Å². The van der Waals surface area contributed by atoms with Gasteiger partial charge in [-0.15, -0.1) is 0 Å². The summed E-state index contributed by atoms with van der Waals surface area (Å²) in [5, 5.41) is 12.3. The van der Waals surface area contributed by atoms with Crippen molar-refractivity contribution < 1.29 is 27.4 Å². The molecule has 0 heterocycles. The normalized spacial score (nSPS) is 13.0. The molecule has 1 N–H and O–H groups in total. The summed E-state index contributed by atoms with van der Waals surface area (Å²) in [4.78, 5) is 13.1. The van der Waals surface area contributed by atoms with Crippen molar-refractivity contribution in [1.82, 2.24) is 0 Å². The first kappa shape index (κ1) is 25.9. The maximum atomic E-state index is 13.1. The molecule has 9 heteroatoms. The van der Waals surface area contributed by atoms with E-state index in [-0.39, 0.29) is 17.3 Å².